The Morgan fingerprint density at radius 3 is 2.39 bits per heavy atom. The number of hydrogen-bond donors (Lipinski definition) is 2. The summed E-state index contributed by atoms with van der Waals surface area (Å²) < 4.78 is 10.6. The summed E-state index contributed by atoms with van der Waals surface area (Å²) >= 11 is 11.7. The summed E-state index contributed by atoms with van der Waals surface area (Å²) in [6.07, 6.45) is 0.757. The third-order valence-electron chi connectivity index (χ3n) is 3.55. The van der Waals surface area contributed by atoms with Crippen LogP contribution in [0.1, 0.15) is 19.3 Å². The number of nitrogens with one attached hydrogen (secondary N) is 1. The van der Waals surface area contributed by atoms with Crippen LogP contribution in [0.5, 0.6) is 5.75 Å². The standard InChI is InChI=1S/C15H17Cl2NO5/c16-10-5-11(17)7-12(6-10)23-9-13(19)18-15(8-14(20)21)1-3-22-4-2-15/h5-7H,1-4,8-9H2,(H,18,19)(H,20,21). The molecule has 2 N–H and O–H groups in total. The molecule has 0 unspecified atom stereocenters. The second-order valence-electron chi connectivity index (χ2n) is 5.41. The van der Waals surface area contributed by atoms with Crippen LogP contribution in [-0.2, 0) is 14.3 Å². The predicted octanol–water partition coefficient (Wildman–Crippen LogP) is 2.51. The Balaban J connectivity index is 1.94. The van der Waals surface area contributed by atoms with Gasteiger partial charge in [0.1, 0.15) is 5.75 Å². The highest BCUT2D eigenvalue weighted by molar-refractivity contribution is 6.34. The summed E-state index contributed by atoms with van der Waals surface area (Å²) in [5.74, 6) is -0.990. The normalized spacial score (nSPS) is 16.6. The molecule has 0 saturated carbocycles. The predicted molar refractivity (Wildman–Crippen MR) is 85.1 cm³/mol. The molecule has 0 spiro atoms. The van der Waals surface area contributed by atoms with Gasteiger partial charge in [0.05, 0.1) is 12.0 Å². The van der Waals surface area contributed by atoms with Crippen molar-refractivity contribution < 1.29 is 24.2 Å². The first-order chi connectivity index (χ1) is 10.9. The van der Waals surface area contributed by atoms with E-state index in [2.05, 4.69) is 5.32 Å². The van der Waals surface area contributed by atoms with Crippen molar-refractivity contribution in [2.24, 2.45) is 0 Å². The lowest BCUT2D eigenvalue weighted by molar-refractivity contribution is -0.140. The molecule has 0 aliphatic carbocycles. The van der Waals surface area contributed by atoms with Crippen molar-refractivity contribution in [1.82, 2.24) is 5.32 Å². The van der Waals surface area contributed by atoms with Crippen LogP contribution in [0.4, 0.5) is 0 Å². The summed E-state index contributed by atoms with van der Waals surface area (Å²) in [5.41, 5.74) is -0.795. The molecule has 1 aliphatic rings. The zero-order valence-corrected chi connectivity index (χ0v) is 13.8. The zero-order valence-electron chi connectivity index (χ0n) is 12.3. The van der Waals surface area contributed by atoms with E-state index >= 15 is 0 Å². The second-order valence-corrected chi connectivity index (χ2v) is 6.28. The molecule has 6 nitrogen and oxygen atoms in total. The minimum atomic E-state index is -0.963. The molecular formula is C15H17Cl2NO5. The topological polar surface area (TPSA) is 84.9 Å². The summed E-state index contributed by atoms with van der Waals surface area (Å²) in [6, 6.07) is 4.64. The quantitative estimate of drug-likeness (QED) is 0.812. The van der Waals surface area contributed by atoms with Gasteiger partial charge in [0, 0.05) is 23.3 Å². The summed E-state index contributed by atoms with van der Waals surface area (Å²) in [7, 11) is 0. The van der Waals surface area contributed by atoms with Crippen molar-refractivity contribution in [2.45, 2.75) is 24.8 Å². The van der Waals surface area contributed by atoms with Crippen molar-refractivity contribution in [3.8, 4) is 5.75 Å². The Bertz CT molecular complexity index is 567. The van der Waals surface area contributed by atoms with E-state index < -0.39 is 17.4 Å². The molecule has 1 saturated heterocycles. The van der Waals surface area contributed by atoms with Gasteiger partial charge in [-0.15, -0.1) is 0 Å². The van der Waals surface area contributed by atoms with Crippen LogP contribution in [0.2, 0.25) is 10.0 Å². The molecule has 0 radical (unpaired) electrons. The van der Waals surface area contributed by atoms with E-state index in [-0.39, 0.29) is 13.0 Å². The van der Waals surface area contributed by atoms with E-state index in [1.54, 1.807) is 18.2 Å². The fourth-order valence-corrected chi connectivity index (χ4v) is 3.00. The Morgan fingerprint density at radius 2 is 1.83 bits per heavy atom. The van der Waals surface area contributed by atoms with E-state index in [9.17, 15) is 9.59 Å². The van der Waals surface area contributed by atoms with Crippen molar-refractivity contribution in [3.05, 3.63) is 28.2 Å². The van der Waals surface area contributed by atoms with Gasteiger partial charge < -0.3 is 19.9 Å². The molecule has 1 fully saturated rings. The number of carbonyl (C=O) groups excluding carboxylic acids is 1. The third kappa shape index (κ3) is 5.57. The minimum absolute atomic E-state index is 0.148. The maximum Gasteiger partial charge on any atom is 0.305 e. The summed E-state index contributed by atoms with van der Waals surface area (Å²) in [4.78, 5) is 23.2. The van der Waals surface area contributed by atoms with Crippen LogP contribution in [0.25, 0.3) is 0 Å². The number of aliphatic carboxylic acids is 1. The van der Waals surface area contributed by atoms with Gasteiger partial charge in [-0.25, -0.2) is 0 Å². The fraction of sp³-hybridized carbons (Fsp3) is 0.467. The van der Waals surface area contributed by atoms with Gasteiger partial charge in [0.2, 0.25) is 0 Å². The number of amides is 1. The van der Waals surface area contributed by atoms with Crippen LogP contribution in [-0.4, -0.2) is 42.3 Å². The van der Waals surface area contributed by atoms with Gasteiger partial charge >= 0.3 is 5.97 Å². The maximum atomic E-state index is 12.1. The Labute approximate surface area is 143 Å². The maximum absolute atomic E-state index is 12.1. The van der Waals surface area contributed by atoms with Gasteiger partial charge in [-0.2, -0.15) is 0 Å². The lowest BCUT2D eigenvalue weighted by Gasteiger charge is -2.36. The lowest BCUT2D eigenvalue weighted by atomic mass is 9.86. The van der Waals surface area contributed by atoms with Crippen LogP contribution in [0.15, 0.2) is 18.2 Å². The second kappa shape index (κ2) is 7.86. The number of halogens is 2. The molecule has 1 aliphatic heterocycles. The number of carboxylic acids is 1. The highest BCUT2D eigenvalue weighted by atomic mass is 35.5. The van der Waals surface area contributed by atoms with E-state index in [1.165, 1.54) is 0 Å². The van der Waals surface area contributed by atoms with E-state index in [4.69, 9.17) is 37.8 Å². The Kier molecular flexibility index (Phi) is 6.10. The van der Waals surface area contributed by atoms with Crippen LogP contribution in [0.3, 0.4) is 0 Å². The number of carboxylic acid groups (broad SMARTS) is 1. The molecular weight excluding hydrogens is 345 g/mol. The number of ether oxygens (including phenoxy) is 2. The molecule has 8 heteroatoms. The lowest BCUT2D eigenvalue weighted by Crippen LogP contribution is -2.54. The molecule has 2 rings (SSSR count). The van der Waals surface area contributed by atoms with Gasteiger partial charge in [-0.3, -0.25) is 9.59 Å². The minimum Gasteiger partial charge on any atom is -0.484 e. The molecule has 0 atom stereocenters. The van der Waals surface area contributed by atoms with E-state index in [1.807, 2.05) is 0 Å². The Hall–Kier alpha value is -1.50. The van der Waals surface area contributed by atoms with Gasteiger partial charge in [0.15, 0.2) is 6.61 Å². The number of benzene rings is 1. The van der Waals surface area contributed by atoms with Crippen LogP contribution < -0.4 is 10.1 Å². The first-order valence-electron chi connectivity index (χ1n) is 7.08. The molecule has 0 aromatic heterocycles. The molecule has 126 valence electrons. The van der Waals surface area contributed by atoms with Crippen molar-refractivity contribution in [3.63, 3.8) is 0 Å². The van der Waals surface area contributed by atoms with Crippen molar-refractivity contribution in [1.29, 1.82) is 0 Å². The number of rotatable bonds is 6. The first kappa shape index (κ1) is 17.8. The average molecular weight is 362 g/mol. The Morgan fingerprint density at radius 1 is 1.22 bits per heavy atom. The third-order valence-corrected chi connectivity index (χ3v) is 3.99. The van der Waals surface area contributed by atoms with Crippen LogP contribution in [0, 0.1) is 0 Å². The fourth-order valence-electron chi connectivity index (χ4n) is 2.49. The smallest absolute Gasteiger partial charge is 0.305 e. The summed E-state index contributed by atoms with van der Waals surface area (Å²) in [6.45, 7) is 0.579. The molecule has 1 aromatic rings. The zero-order chi connectivity index (χ0) is 16.9. The van der Waals surface area contributed by atoms with E-state index in [0.717, 1.165) is 0 Å². The van der Waals surface area contributed by atoms with Gasteiger partial charge in [-0.05, 0) is 31.0 Å². The molecule has 1 aromatic carbocycles. The molecule has 1 heterocycles. The highest BCUT2D eigenvalue weighted by Crippen LogP contribution is 2.26. The first-order valence-corrected chi connectivity index (χ1v) is 7.84. The highest BCUT2D eigenvalue weighted by Gasteiger charge is 2.36. The van der Waals surface area contributed by atoms with Gasteiger partial charge in [0.25, 0.3) is 5.91 Å². The largest absolute Gasteiger partial charge is 0.484 e. The molecule has 0 bridgehead atoms. The van der Waals surface area contributed by atoms with Crippen LogP contribution >= 0.6 is 23.2 Å². The molecule has 23 heavy (non-hydrogen) atoms. The average Bonchev–Trinajstić information content (AvgIpc) is 2.44. The van der Waals surface area contributed by atoms with Gasteiger partial charge in [-0.1, -0.05) is 23.2 Å². The number of hydrogen-bond acceptors (Lipinski definition) is 4. The summed E-state index contributed by atoms with van der Waals surface area (Å²) in [5, 5.41) is 12.6. The van der Waals surface area contributed by atoms with Crippen molar-refractivity contribution >= 4 is 35.1 Å². The van der Waals surface area contributed by atoms with Crippen molar-refractivity contribution in [2.75, 3.05) is 19.8 Å². The number of carbonyl (C=O) groups is 2. The van der Waals surface area contributed by atoms with E-state index in [0.29, 0.717) is 41.9 Å². The molecule has 1 amide bonds. The SMILES string of the molecule is O=C(O)CC1(NC(=O)COc2cc(Cl)cc(Cl)c2)CCOCC1. The monoisotopic (exact) mass is 361 g/mol.